The van der Waals surface area contributed by atoms with E-state index >= 15 is 0 Å². The molecular formula is C19H22BrN3O2. The minimum Gasteiger partial charge on any atom is -0.346 e. The number of benzene rings is 2. The van der Waals surface area contributed by atoms with Gasteiger partial charge in [0.25, 0.3) is 5.91 Å². The molecule has 5 nitrogen and oxygen atoms in total. The Hall–Kier alpha value is -2.18. The van der Waals surface area contributed by atoms with Crippen molar-refractivity contribution >= 4 is 27.7 Å². The Morgan fingerprint density at radius 3 is 2.28 bits per heavy atom. The van der Waals surface area contributed by atoms with E-state index in [1.807, 2.05) is 49.3 Å². The van der Waals surface area contributed by atoms with Crippen molar-refractivity contribution in [2.45, 2.75) is 6.04 Å². The predicted molar refractivity (Wildman–Crippen MR) is 102 cm³/mol. The van der Waals surface area contributed by atoms with Gasteiger partial charge in [0, 0.05) is 16.6 Å². The highest BCUT2D eigenvalue weighted by Crippen LogP contribution is 2.13. The van der Waals surface area contributed by atoms with E-state index in [1.54, 1.807) is 24.3 Å². The van der Waals surface area contributed by atoms with Crippen LogP contribution in [0.3, 0.4) is 0 Å². The zero-order valence-corrected chi connectivity index (χ0v) is 15.9. The topological polar surface area (TPSA) is 61.4 Å². The maximum absolute atomic E-state index is 12.2. The summed E-state index contributed by atoms with van der Waals surface area (Å²) in [5, 5.41) is 5.63. The molecule has 0 radical (unpaired) electrons. The number of carbonyl (C=O) groups is 2. The van der Waals surface area contributed by atoms with E-state index in [0.29, 0.717) is 12.1 Å². The molecule has 2 aromatic rings. The summed E-state index contributed by atoms with van der Waals surface area (Å²) in [6, 6.07) is 16.6. The Morgan fingerprint density at radius 2 is 1.68 bits per heavy atom. The van der Waals surface area contributed by atoms with Gasteiger partial charge in [-0.05, 0) is 43.9 Å². The third-order valence-corrected chi connectivity index (χ3v) is 4.13. The summed E-state index contributed by atoms with van der Waals surface area (Å²) in [7, 11) is 3.91. The van der Waals surface area contributed by atoms with Crippen LogP contribution in [0.4, 0.5) is 0 Å². The van der Waals surface area contributed by atoms with Gasteiger partial charge in [0.2, 0.25) is 5.91 Å². The number of carbonyl (C=O) groups excluding carboxylic acids is 2. The fraction of sp³-hybridized carbons (Fsp3) is 0.263. The first-order chi connectivity index (χ1) is 12.0. The summed E-state index contributed by atoms with van der Waals surface area (Å²) in [6.45, 7) is 0.613. The molecule has 0 aliphatic rings. The molecule has 2 rings (SSSR count). The quantitative estimate of drug-likeness (QED) is 0.746. The van der Waals surface area contributed by atoms with Crippen LogP contribution in [0.1, 0.15) is 22.0 Å². The monoisotopic (exact) mass is 403 g/mol. The van der Waals surface area contributed by atoms with Crippen LogP contribution in [0.25, 0.3) is 0 Å². The number of hydrogen-bond acceptors (Lipinski definition) is 3. The van der Waals surface area contributed by atoms with Crippen LogP contribution >= 0.6 is 15.9 Å². The molecule has 0 fully saturated rings. The summed E-state index contributed by atoms with van der Waals surface area (Å²) in [4.78, 5) is 26.3. The second kappa shape index (κ2) is 9.34. The molecule has 0 unspecified atom stereocenters. The van der Waals surface area contributed by atoms with Crippen molar-refractivity contribution in [3.8, 4) is 0 Å². The summed E-state index contributed by atoms with van der Waals surface area (Å²) in [5.74, 6) is -0.493. The molecule has 0 aliphatic carbocycles. The van der Waals surface area contributed by atoms with Crippen molar-refractivity contribution in [2.24, 2.45) is 0 Å². The first kappa shape index (κ1) is 19.1. The Kier molecular flexibility index (Phi) is 7.16. The van der Waals surface area contributed by atoms with Crippen molar-refractivity contribution in [2.75, 3.05) is 27.2 Å². The highest BCUT2D eigenvalue weighted by Gasteiger charge is 2.16. The van der Waals surface area contributed by atoms with Crippen LogP contribution in [0.2, 0.25) is 0 Å². The Balaban J connectivity index is 1.92. The van der Waals surface area contributed by atoms with E-state index in [0.717, 1.165) is 10.0 Å². The van der Waals surface area contributed by atoms with Gasteiger partial charge in [-0.2, -0.15) is 0 Å². The average Bonchev–Trinajstić information content (AvgIpc) is 2.60. The zero-order valence-electron chi connectivity index (χ0n) is 14.3. The van der Waals surface area contributed by atoms with E-state index in [-0.39, 0.29) is 24.4 Å². The van der Waals surface area contributed by atoms with Gasteiger partial charge in [0.15, 0.2) is 0 Å². The average molecular weight is 404 g/mol. The fourth-order valence-corrected chi connectivity index (χ4v) is 2.66. The van der Waals surface area contributed by atoms with Crippen LogP contribution in [0, 0.1) is 0 Å². The number of amides is 2. The van der Waals surface area contributed by atoms with E-state index < -0.39 is 0 Å². The number of hydrogen-bond donors (Lipinski definition) is 2. The van der Waals surface area contributed by atoms with Gasteiger partial charge in [-0.25, -0.2) is 0 Å². The van der Waals surface area contributed by atoms with Gasteiger partial charge in [-0.15, -0.1) is 0 Å². The molecule has 25 heavy (non-hydrogen) atoms. The molecule has 0 aromatic heterocycles. The highest BCUT2D eigenvalue weighted by molar-refractivity contribution is 9.10. The van der Waals surface area contributed by atoms with E-state index in [2.05, 4.69) is 26.6 Å². The minimum absolute atomic E-state index is 0.0638. The van der Waals surface area contributed by atoms with Gasteiger partial charge >= 0.3 is 0 Å². The Morgan fingerprint density at radius 1 is 1.04 bits per heavy atom. The summed E-state index contributed by atoms with van der Waals surface area (Å²) in [6.07, 6.45) is 0. The molecule has 0 heterocycles. The van der Waals surface area contributed by atoms with Crippen LogP contribution in [-0.4, -0.2) is 43.9 Å². The Labute approximate surface area is 156 Å². The van der Waals surface area contributed by atoms with Gasteiger partial charge in [-0.3, -0.25) is 9.59 Å². The molecule has 1 atom stereocenters. The molecule has 2 aromatic carbocycles. The first-order valence-electron chi connectivity index (χ1n) is 7.98. The minimum atomic E-state index is -0.272. The molecule has 0 saturated carbocycles. The van der Waals surface area contributed by atoms with Crippen molar-refractivity contribution in [3.05, 3.63) is 70.2 Å². The lowest BCUT2D eigenvalue weighted by atomic mass is 10.1. The van der Waals surface area contributed by atoms with Gasteiger partial charge in [-0.1, -0.05) is 46.3 Å². The molecule has 0 bridgehead atoms. The SMILES string of the molecule is CN(C)C[C@H](NC(=O)CNC(=O)c1ccc(Br)cc1)c1ccccc1. The van der Waals surface area contributed by atoms with Crippen LogP contribution in [-0.2, 0) is 4.79 Å². The molecule has 0 aliphatic heterocycles. The maximum atomic E-state index is 12.2. The van der Waals surface area contributed by atoms with Crippen molar-refractivity contribution in [1.29, 1.82) is 0 Å². The summed E-state index contributed by atoms with van der Waals surface area (Å²) < 4.78 is 0.899. The number of nitrogens with zero attached hydrogens (tertiary/aromatic N) is 1. The predicted octanol–water partition coefficient (Wildman–Crippen LogP) is 2.60. The molecular weight excluding hydrogens is 382 g/mol. The highest BCUT2D eigenvalue weighted by atomic mass is 79.9. The van der Waals surface area contributed by atoms with E-state index in [1.165, 1.54) is 0 Å². The number of halogens is 1. The van der Waals surface area contributed by atoms with Crippen LogP contribution in [0.5, 0.6) is 0 Å². The van der Waals surface area contributed by atoms with Crippen LogP contribution < -0.4 is 10.6 Å². The molecule has 0 saturated heterocycles. The second-order valence-electron chi connectivity index (χ2n) is 5.98. The third kappa shape index (κ3) is 6.32. The molecule has 2 N–H and O–H groups in total. The zero-order chi connectivity index (χ0) is 18.2. The molecule has 6 heteroatoms. The van der Waals surface area contributed by atoms with Gasteiger partial charge in [0.1, 0.15) is 0 Å². The number of nitrogens with one attached hydrogen (secondary N) is 2. The van der Waals surface area contributed by atoms with Crippen molar-refractivity contribution in [1.82, 2.24) is 15.5 Å². The normalized spacial score (nSPS) is 11.8. The van der Waals surface area contributed by atoms with Crippen LogP contribution in [0.15, 0.2) is 59.1 Å². The van der Waals surface area contributed by atoms with Crippen molar-refractivity contribution < 1.29 is 9.59 Å². The lowest BCUT2D eigenvalue weighted by Crippen LogP contribution is -2.41. The molecule has 132 valence electrons. The largest absolute Gasteiger partial charge is 0.346 e. The van der Waals surface area contributed by atoms with E-state index in [9.17, 15) is 9.59 Å². The number of rotatable bonds is 7. The second-order valence-corrected chi connectivity index (χ2v) is 6.90. The van der Waals surface area contributed by atoms with Crippen molar-refractivity contribution in [3.63, 3.8) is 0 Å². The molecule has 2 amide bonds. The maximum Gasteiger partial charge on any atom is 0.251 e. The summed E-state index contributed by atoms with van der Waals surface area (Å²) in [5.41, 5.74) is 1.55. The fourth-order valence-electron chi connectivity index (χ4n) is 2.39. The molecule has 0 spiro atoms. The lowest BCUT2D eigenvalue weighted by molar-refractivity contribution is -0.121. The smallest absolute Gasteiger partial charge is 0.251 e. The lowest BCUT2D eigenvalue weighted by Gasteiger charge is -2.23. The first-order valence-corrected chi connectivity index (χ1v) is 8.78. The van der Waals surface area contributed by atoms with E-state index in [4.69, 9.17) is 0 Å². The Bertz CT molecular complexity index is 702. The standard InChI is InChI=1S/C19H22BrN3O2/c1-23(2)13-17(14-6-4-3-5-7-14)22-18(24)12-21-19(25)15-8-10-16(20)11-9-15/h3-11,17H,12-13H2,1-2H3,(H,21,25)(H,22,24)/t17-/m0/s1. The third-order valence-electron chi connectivity index (χ3n) is 3.60. The summed E-state index contributed by atoms with van der Waals surface area (Å²) >= 11 is 3.33. The number of likely N-dealkylation sites (N-methyl/N-ethyl adjacent to an activating group) is 1. The van der Waals surface area contributed by atoms with Gasteiger partial charge < -0.3 is 15.5 Å². The van der Waals surface area contributed by atoms with Gasteiger partial charge in [0.05, 0.1) is 12.6 Å².